The number of fused-ring (bicyclic) bond motifs is 1. The Balaban J connectivity index is 1.90. The molecule has 2 aromatic rings. The number of anilines is 1. The van der Waals surface area contributed by atoms with Gasteiger partial charge in [0, 0.05) is 17.6 Å². The fourth-order valence-corrected chi connectivity index (χ4v) is 3.68. The van der Waals surface area contributed by atoms with E-state index in [0.717, 1.165) is 21.3 Å². The van der Waals surface area contributed by atoms with Gasteiger partial charge in [0.25, 0.3) is 5.56 Å². The predicted molar refractivity (Wildman–Crippen MR) is 95.2 cm³/mol. The first-order valence-electron chi connectivity index (χ1n) is 7.37. The third-order valence-corrected chi connectivity index (χ3v) is 4.84. The first-order valence-corrected chi connectivity index (χ1v) is 8.19. The van der Waals surface area contributed by atoms with Gasteiger partial charge in [0.2, 0.25) is 0 Å². The number of allylic oxidation sites excluding steroid dienone is 2. The number of nitrogens with zero attached hydrogens (tertiary/aromatic N) is 2. The topological polar surface area (TPSA) is 78.3 Å². The van der Waals surface area contributed by atoms with Crippen molar-refractivity contribution in [2.75, 3.05) is 11.4 Å². The van der Waals surface area contributed by atoms with E-state index in [1.807, 2.05) is 37.3 Å². The average molecular weight is 343 g/mol. The van der Waals surface area contributed by atoms with Gasteiger partial charge in [0.1, 0.15) is 6.54 Å². The van der Waals surface area contributed by atoms with Crippen LogP contribution in [0, 0.1) is 6.92 Å². The van der Waals surface area contributed by atoms with E-state index in [1.165, 1.54) is 16.4 Å². The van der Waals surface area contributed by atoms with E-state index >= 15 is 0 Å². The molecule has 0 atom stereocenters. The Hall–Kier alpha value is -2.67. The third-order valence-electron chi connectivity index (χ3n) is 3.71. The Morgan fingerprint density at radius 1 is 1.38 bits per heavy atom. The summed E-state index contributed by atoms with van der Waals surface area (Å²) in [5.74, 6) is -0.891. The normalized spacial score (nSPS) is 15.4. The second-order valence-corrected chi connectivity index (χ2v) is 6.49. The lowest BCUT2D eigenvalue weighted by atomic mass is 10.2. The monoisotopic (exact) mass is 343 g/mol. The lowest BCUT2D eigenvalue weighted by Gasteiger charge is -2.17. The number of carbonyl (C=O) groups is 1. The summed E-state index contributed by atoms with van der Waals surface area (Å²) in [6.45, 7) is 1.74. The van der Waals surface area contributed by atoms with Gasteiger partial charge in [0.05, 0.1) is 16.3 Å². The van der Waals surface area contributed by atoms with Crippen molar-refractivity contribution < 1.29 is 9.90 Å². The first-order chi connectivity index (χ1) is 11.5. The molecule has 1 aromatic carbocycles. The minimum atomic E-state index is -0.891. The van der Waals surface area contributed by atoms with Gasteiger partial charge in [0.15, 0.2) is 0 Å². The minimum absolute atomic E-state index is 0.0908. The average Bonchev–Trinajstić information content (AvgIpc) is 2.99. The van der Waals surface area contributed by atoms with Gasteiger partial charge in [-0.05, 0) is 31.2 Å². The van der Waals surface area contributed by atoms with Crippen LogP contribution in [0.15, 0.2) is 51.1 Å². The highest BCUT2D eigenvalue weighted by molar-refractivity contribution is 8.03. The summed E-state index contributed by atoms with van der Waals surface area (Å²) < 4.78 is 1.43. The van der Waals surface area contributed by atoms with Gasteiger partial charge in [-0.15, -0.1) is 0 Å². The highest BCUT2D eigenvalue weighted by atomic mass is 32.2. The Morgan fingerprint density at radius 3 is 2.79 bits per heavy atom. The maximum Gasteiger partial charge on any atom is 0.323 e. The van der Waals surface area contributed by atoms with Gasteiger partial charge in [-0.1, -0.05) is 30.0 Å². The molecule has 0 fully saturated rings. The van der Waals surface area contributed by atoms with E-state index in [-0.39, 0.29) is 12.1 Å². The molecule has 0 unspecified atom stereocenters. The summed E-state index contributed by atoms with van der Waals surface area (Å²) in [5, 5.41) is 12.9. The molecule has 0 saturated carbocycles. The summed E-state index contributed by atoms with van der Waals surface area (Å²) in [6, 6.07) is 7.68. The summed E-state index contributed by atoms with van der Waals surface area (Å²) in [5.41, 5.74) is 2.19. The number of aliphatic carboxylic acids is 1. The van der Waals surface area contributed by atoms with E-state index in [2.05, 4.69) is 5.10 Å². The molecule has 0 amide bonds. The number of H-pyrrole nitrogens is 1. The van der Waals surface area contributed by atoms with Gasteiger partial charge in [-0.2, -0.15) is 0 Å². The standard InChI is InChI=1S/C17H17N3O3S/c1-11-12(17(23)19(2)18-11)6-5-9-15-20(10-16(21)22)13-7-3-4-8-14(13)24-15/h3-9,18H,10H2,1-2H3,(H,21,22)/b6-5+,15-9-. The molecule has 0 saturated heterocycles. The van der Waals surface area contributed by atoms with Crippen LogP contribution in [0.1, 0.15) is 11.3 Å². The summed E-state index contributed by atoms with van der Waals surface area (Å²) in [4.78, 5) is 25.9. The zero-order valence-electron chi connectivity index (χ0n) is 13.3. The number of aryl methyl sites for hydroxylation is 2. The van der Waals surface area contributed by atoms with Crippen molar-refractivity contribution in [2.45, 2.75) is 11.8 Å². The summed E-state index contributed by atoms with van der Waals surface area (Å²) in [6.07, 6.45) is 5.35. The van der Waals surface area contributed by atoms with Crippen molar-refractivity contribution in [3.63, 3.8) is 0 Å². The van der Waals surface area contributed by atoms with Crippen LogP contribution >= 0.6 is 11.8 Å². The van der Waals surface area contributed by atoms with Crippen LogP contribution in [0.3, 0.4) is 0 Å². The van der Waals surface area contributed by atoms with E-state index in [1.54, 1.807) is 24.1 Å². The molecule has 0 bridgehead atoms. The summed E-state index contributed by atoms with van der Waals surface area (Å²) >= 11 is 1.52. The van der Waals surface area contributed by atoms with Gasteiger partial charge in [-0.3, -0.25) is 19.4 Å². The lowest BCUT2D eigenvalue weighted by Crippen LogP contribution is -2.25. The van der Waals surface area contributed by atoms with Crippen LogP contribution in [-0.2, 0) is 11.8 Å². The molecule has 6 nitrogen and oxygen atoms in total. The van der Waals surface area contributed by atoms with Crippen molar-refractivity contribution in [3.05, 3.63) is 63.1 Å². The largest absolute Gasteiger partial charge is 0.480 e. The molecule has 0 aliphatic carbocycles. The first kappa shape index (κ1) is 16.2. The number of para-hydroxylation sites is 1. The van der Waals surface area contributed by atoms with E-state index in [4.69, 9.17) is 5.11 Å². The molecule has 1 aliphatic rings. The zero-order chi connectivity index (χ0) is 17.3. The van der Waals surface area contributed by atoms with Crippen molar-refractivity contribution in [3.8, 4) is 0 Å². The molecule has 1 aliphatic heterocycles. The Bertz CT molecular complexity index is 908. The smallest absolute Gasteiger partial charge is 0.323 e. The van der Waals surface area contributed by atoms with Crippen LogP contribution in [-0.4, -0.2) is 27.4 Å². The molecule has 7 heteroatoms. The minimum Gasteiger partial charge on any atom is -0.480 e. The van der Waals surface area contributed by atoms with Crippen LogP contribution in [0.4, 0.5) is 5.69 Å². The third kappa shape index (κ3) is 3.03. The fraction of sp³-hybridized carbons (Fsp3) is 0.176. The number of hydrogen-bond donors (Lipinski definition) is 2. The number of carboxylic acid groups (broad SMARTS) is 1. The maximum atomic E-state index is 12.0. The van der Waals surface area contributed by atoms with Crippen LogP contribution in [0.5, 0.6) is 0 Å². The number of aromatic amines is 1. The molecule has 0 spiro atoms. The number of rotatable bonds is 4. The number of nitrogens with one attached hydrogen (secondary N) is 1. The SMILES string of the molecule is Cc1[nH]n(C)c(=O)c1/C=C/C=C1\Sc2ccccc2N1CC(=O)O. The molecular weight excluding hydrogens is 326 g/mol. The van der Waals surface area contributed by atoms with E-state index in [9.17, 15) is 9.59 Å². The highest BCUT2D eigenvalue weighted by Crippen LogP contribution is 2.45. The van der Waals surface area contributed by atoms with Crippen molar-refractivity contribution >= 4 is 29.5 Å². The number of thioether (sulfide) groups is 1. The molecule has 0 radical (unpaired) electrons. The maximum absolute atomic E-state index is 12.0. The molecule has 2 heterocycles. The quantitative estimate of drug-likeness (QED) is 0.892. The van der Waals surface area contributed by atoms with Crippen molar-refractivity contribution in [2.24, 2.45) is 7.05 Å². The van der Waals surface area contributed by atoms with E-state index < -0.39 is 5.97 Å². The summed E-state index contributed by atoms with van der Waals surface area (Å²) in [7, 11) is 1.67. The van der Waals surface area contributed by atoms with Gasteiger partial charge < -0.3 is 10.0 Å². The molecule has 3 rings (SSSR count). The van der Waals surface area contributed by atoms with E-state index in [0.29, 0.717) is 5.56 Å². The number of hydrogen-bond acceptors (Lipinski definition) is 4. The lowest BCUT2D eigenvalue weighted by molar-refractivity contribution is -0.135. The molecule has 1 aromatic heterocycles. The molecule has 2 N–H and O–H groups in total. The molecular formula is C17H17N3O3S. The van der Waals surface area contributed by atoms with Gasteiger partial charge >= 0.3 is 5.97 Å². The fourth-order valence-electron chi connectivity index (χ4n) is 2.60. The van der Waals surface area contributed by atoms with Crippen LogP contribution in [0.25, 0.3) is 6.08 Å². The number of carboxylic acids is 1. The van der Waals surface area contributed by atoms with Crippen molar-refractivity contribution in [1.82, 2.24) is 9.78 Å². The predicted octanol–water partition coefficient (Wildman–Crippen LogP) is 2.57. The Kier molecular flexibility index (Phi) is 4.35. The van der Waals surface area contributed by atoms with Crippen LogP contribution < -0.4 is 10.5 Å². The second-order valence-electron chi connectivity index (χ2n) is 5.43. The van der Waals surface area contributed by atoms with Crippen LogP contribution in [0.2, 0.25) is 0 Å². The van der Waals surface area contributed by atoms with Gasteiger partial charge in [-0.25, -0.2) is 0 Å². The number of benzene rings is 1. The van der Waals surface area contributed by atoms with Crippen molar-refractivity contribution in [1.29, 1.82) is 0 Å². The highest BCUT2D eigenvalue weighted by Gasteiger charge is 2.25. The Morgan fingerprint density at radius 2 is 2.12 bits per heavy atom. The molecule has 124 valence electrons. The Labute approximate surface area is 143 Å². The number of aromatic nitrogens is 2. The second kappa shape index (κ2) is 6.45. The zero-order valence-corrected chi connectivity index (χ0v) is 14.1. The molecule has 24 heavy (non-hydrogen) atoms.